The molecule has 1 atom stereocenters. The third kappa shape index (κ3) is 5.11. The molecule has 0 spiro atoms. The van der Waals surface area contributed by atoms with Crippen molar-refractivity contribution in [3.05, 3.63) is 65.0 Å². The number of ether oxygens (including phenoxy) is 2. The molecule has 0 radical (unpaired) electrons. The van der Waals surface area contributed by atoms with Crippen LogP contribution in [0.4, 0.5) is 0 Å². The van der Waals surface area contributed by atoms with Gasteiger partial charge in [-0.1, -0.05) is 17.7 Å². The number of methoxy groups -OCH3 is 1. The zero-order chi connectivity index (χ0) is 21.7. The highest BCUT2D eigenvalue weighted by Crippen LogP contribution is 2.24. The van der Waals surface area contributed by atoms with Crippen LogP contribution in [0.15, 0.2) is 46.9 Å². The molecule has 1 unspecified atom stereocenters. The van der Waals surface area contributed by atoms with E-state index in [0.29, 0.717) is 11.5 Å². The van der Waals surface area contributed by atoms with Crippen molar-refractivity contribution in [1.82, 2.24) is 10.2 Å². The molecule has 2 aromatic carbocycles. The van der Waals surface area contributed by atoms with Gasteiger partial charge in [0, 0.05) is 17.5 Å². The summed E-state index contributed by atoms with van der Waals surface area (Å²) in [6, 6.07) is 12.9. The van der Waals surface area contributed by atoms with Gasteiger partial charge in [0.05, 0.1) is 13.5 Å². The van der Waals surface area contributed by atoms with Crippen LogP contribution in [-0.4, -0.2) is 29.1 Å². The van der Waals surface area contributed by atoms with E-state index in [1.165, 1.54) is 0 Å². The number of aromatic nitrogens is 2. The molecule has 1 heterocycles. The molecule has 0 aliphatic heterocycles. The van der Waals surface area contributed by atoms with Gasteiger partial charge >= 0.3 is 5.97 Å². The summed E-state index contributed by atoms with van der Waals surface area (Å²) >= 11 is 0. The zero-order valence-corrected chi connectivity index (χ0v) is 17.5. The maximum atomic E-state index is 12.4. The van der Waals surface area contributed by atoms with Crippen molar-refractivity contribution < 1.29 is 23.5 Å². The molecule has 0 amide bonds. The van der Waals surface area contributed by atoms with Crippen molar-refractivity contribution in [2.45, 2.75) is 39.7 Å². The Labute approximate surface area is 175 Å². The van der Waals surface area contributed by atoms with Gasteiger partial charge in [-0.2, -0.15) is 0 Å². The van der Waals surface area contributed by atoms with Crippen LogP contribution in [0.5, 0.6) is 5.75 Å². The van der Waals surface area contributed by atoms with E-state index in [9.17, 15) is 9.59 Å². The number of Topliss-reactive ketones (excluding diaryl/α,β-unsaturated/α-hetero) is 1. The molecule has 3 aromatic rings. The smallest absolute Gasteiger partial charge is 0.307 e. The van der Waals surface area contributed by atoms with Crippen molar-refractivity contribution >= 4 is 11.8 Å². The molecule has 0 saturated heterocycles. The molecule has 0 aliphatic rings. The van der Waals surface area contributed by atoms with E-state index < -0.39 is 12.1 Å². The van der Waals surface area contributed by atoms with Gasteiger partial charge in [-0.15, -0.1) is 10.2 Å². The molecule has 0 N–H and O–H groups in total. The maximum Gasteiger partial charge on any atom is 0.307 e. The molecular weight excluding hydrogens is 384 g/mol. The van der Waals surface area contributed by atoms with Gasteiger partial charge in [-0.05, 0) is 56.7 Å². The SMILES string of the molecule is COc1ccc(-c2nnc(C(C)OC(=O)CCC(=O)c3cc(C)ccc3C)o2)cc1. The second-order valence-electron chi connectivity index (χ2n) is 7.05. The van der Waals surface area contributed by atoms with Gasteiger partial charge in [0.2, 0.25) is 5.89 Å². The second kappa shape index (κ2) is 9.35. The minimum Gasteiger partial charge on any atom is -0.497 e. The van der Waals surface area contributed by atoms with Crippen molar-refractivity contribution in [3.63, 3.8) is 0 Å². The predicted molar refractivity (Wildman–Crippen MR) is 110 cm³/mol. The number of ketones is 1. The first kappa shape index (κ1) is 21.2. The fourth-order valence-electron chi connectivity index (χ4n) is 2.94. The number of rotatable bonds is 8. The normalized spacial score (nSPS) is 11.7. The van der Waals surface area contributed by atoms with Gasteiger partial charge in [0.1, 0.15) is 5.75 Å². The average molecular weight is 408 g/mol. The maximum absolute atomic E-state index is 12.4. The molecule has 1 aromatic heterocycles. The molecular formula is C23H24N2O5. The third-order valence-electron chi connectivity index (χ3n) is 4.68. The Balaban J connectivity index is 1.56. The molecule has 0 saturated carbocycles. The Kier molecular flexibility index (Phi) is 6.61. The summed E-state index contributed by atoms with van der Waals surface area (Å²) < 4.78 is 16.1. The van der Waals surface area contributed by atoms with Crippen molar-refractivity contribution in [2.75, 3.05) is 7.11 Å². The average Bonchev–Trinajstić information content (AvgIpc) is 3.24. The molecule has 3 rings (SSSR count). The lowest BCUT2D eigenvalue weighted by molar-refractivity contribution is -0.149. The number of aryl methyl sites for hydroxylation is 2. The van der Waals surface area contributed by atoms with E-state index in [-0.39, 0.29) is 24.5 Å². The number of hydrogen-bond acceptors (Lipinski definition) is 7. The molecule has 156 valence electrons. The standard InChI is InChI=1S/C23H24N2O5/c1-14-5-6-15(2)19(13-14)20(26)11-12-21(27)29-16(3)22-24-25-23(30-22)17-7-9-18(28-4)10-8-17/h5-10,13,16H,11-12H2,1-4H3. The van der Waals surface area contributed by atoms with Crippen LogP contribution >= 0.6 is 0 Å². The molecule has 7 nitrogen and oxygen atoms in total. The van der Waals surface area contributed by atoms with E-state index in [1.54, 1.807) is 38.3 Å². The topological polar surface area (TPSA) is 91.5 Å². The predicted octanol–water partition coefficient (Wildman–Crippen LogP) is 4.63. The highest BCUT2D eigenvalue weighted by atomic mass is 16.6. The highest BCUT2D eigenvalue weighted by molar-refractivity contribution is 5.98. The quantitative estimate of drug-likeness (QED) is 0.396. The van der Waals surface area contributed by atoms with E-state index in [4.69, 9.17) is 13.9 Å². The Morgan fingerprint density at radius 1 is 1.03 bits per heavy atom. The summed E-state index contributed by atoms with van der Waals surface area (Å²) in [4.78, 5) is 24.6. The van der Waals surface area contributed by atoms with Crippen LogP contribution in [0.3, 0.4) is 0 Å². The minimum absolute atomic E-state index is 0.0178. The van der Waals surface area contributed by atoms with Crippen LogP contribution in [-0.2, 0) is 9.53 Å². The molecule has 30 heavy (non-hydrogen) atoms. The number of carbonyl (C=O) groups is 2. The lowest BCUT2D eigenvalue weighted by Crippen LogP contribution is -2.12. The van der Waals surface area contributed by atoms with E-state index in [0.717, 1.165) is 22.4 Å². The van der Waals surface area contributed by atoms with Crippen LogP contribution in [0, 0.1) is 13.8 Å². The molecule has 0 fully saturated rings. The van der Waals surface area contributed by atoms with E-state index >= 15 is 0 Å². The first-order valence-electron chi connectivity index (χ1n) is 9.65. The number of carbonyl (C=O) groups excluding carboxylic acids is 2. The van der Waals surface area contributed by atoms with Gasteiger partial charge in [-0.3, -0.25) is 9.59 Å². The van der Waals surface area contributed by atoms with E-state index in [2.05, 4.69) is 10.2 Å². The van der Waals surface area contributed by atoms with Crippen LogP contribution < -0.4 is 4.74 Å². The minimum atomic E-state index is -0.715. The summed E-state index contributed by atoms with van der Waals surface area (Å²) in [5, 5.41) is 7.96. The second-order valence-corrected chi connectivity index (χ2v) is 7.05. The summed E-state index contributed by atoms with van der Waals surface area (Å²) in [6.45, 7) is 5.45. The number of hydrogen-bond donors (Lipinski definition) is 0. The Morgan fingerprint density at radius 3 is 2.47 bits per heavy atom. The van der Waals surface area contributed by atoms with Gasteiger partial charge in [0.15, 0.2) is 11.9 Å². The van der Waals surface area contributed by atoms with Crippen molar-refractivity contribution in [3.8, 4) is 17.2 Å². The summed E-state index contributed by atoms with van der Waals surface area (Å²) in [6.07, 6.45) is -0.653. The summed E-state index contributed by atoms with van der Waals surface area (Å²) in [5.74, 6) is 0.651. The highest BCUT2D eigenvalue weighted by Gasteiger charge is 2.20. The Morgan fingerprint density at radius 2 is 1.77 bits per heavy atom. The van der Waals surface area contributed by atoms with Crippen LogP contribution in [0.1, 0.15) is 53.2 Å². The van der Waals surface area contributed by atoms with Crippen molar-refractivity contribution in [1.29, 1.82) is 0 Å². The number of nitrogens with zero attached hydrogens (tertiary/aromatic N) is 2. The number of benzene rings is 2. The third-order valence-corrected chi connectivity index (χ3v) is 4.68. The van der Waals surface area contributed by atoms with Gasteiger partial charge in [0.25, 0.3) is 5.89 Å². The van der Waals surface area contributed by atoms with Gasteiger partial charge < -0.3 is 13.9 Å². The first-order chi connectivity index (χ1) is 14.4. The summed E-state index contributed by atoms with van der Waals surface area (Å²) in [7, 11) is 1.59. The Hall–Kier alpha value is -3.48. The summed E-state index contributed by atoms with van der Waals surface area (Å²) in [5.41, 5.74) is 3.26. The lowest BCUT2D eigenvalue weighted by atomic mass is 9.99. The fourth-order valence-corrected chi connectivity index (χ4v) is 2.94. The van der Waals surface area contributed by atoms with E-state index in [1.807, 2.05) is 32.0 Å². The Bertz CT molecular complexity index is 1040. The monoisotopic (exact) mass is 408 g/mol. The van der Waals surface area contributed by atoms with Crippen LogP contribution in [0.25, 0.3) is 11.5 Å². The van der Waals surface area contributed by atoms with Gasteiger partial charge in [-0.25, -0.2) is 0 Å². The lowest BCUT2D eigenvalue weighted by Gasteiger charge is -2.10. The zero-order valence-electron chi connectivity index (χ0n) is 17.5. The molecule has 0 bridgehead atoms. The first-order valence-corrected chi connectivity index (χ1v) is 9.65. The molecule has 7 heteroatoms. The largest absolute Gasteiger partial charge is 0.497 e. The number of esters is 1. The van der Waals surface area contributed by atoms with Crippen molar-refractivity contribution in [2.24, 2.45) is 0 Å². The molecule has 0 aliphatic carbocycles. The van der Waals surface area contributed by atoms with Crippen LogP contribution in [0.2, 0.25) is 0 Å². The fraction of sp³-hybridized carbons (Fsp3) is 0.304.